The number of halogens is 1. The number of amides is 2. The second kappa shape index (κ2) is 8.13. The maximum absolute atomic E-state index is 12.5. The van der Waals surface area contributed by atoms with Crippen LogP contribution in [-0.2, 0) is 17.6 Å². The van der Waals surface area contributed by atoms with Gasteiger partial charge >= 0.3 is 12.0 Å². The fourth-order valence-electron chi connectivity index (χ4n) is 3.56. The zero-order chi connectivity index (χ0) is 20.5. The van der Waals surface area contributed by atoms with Crippen LogP contribution in [0, 0.1) is 11.3 Å². The van der Waals surface area contributed by atoms with Crippen molar-refractivity contribution in [2.75, 3.05) is 17.7 Å². The molecular weight excluding hydrogens is 396 g/mol. The van der Waals surface area contributed by atoms with Gasteiger partial charge in [0.25, 0.3) is 0 Å². The predicted molar refractivity (Wildman–Crippen MR) is 115 cm³/mol. The Morgan fingerprint density at radius 1 is 1.25 bits per heavy atom. The number of carbonyl (C=O) groups excluding carboxylic acids is 2. The van der Waals surface area contributed by atoms with Gasteiger partial charge in [-0.15, -0.1) is 11.3 Å². The quantitative estimate of drug-likeness (QED) is 0.600. The van der Waals surface area contributed by atoms with Crippen LogP contribution >= 0.6 is 22.9 Å². The second-order valence-corrected chi connectivity index (χ2v) is 9.64. The largest absolute Gasteiger partial charge is 0.465 e. The van der Waals surface area contributed by atoms with E-state index in [0.717, 1.165) is 29.7 Å². The highest BCUT2D eigenvalue weighted by Gasteiger charge is 2.34. The summed E-state index contributed by atoms with van der Waals surface area (Å²) in [5.74, 6) is 0.127. The third-order valence-electron chi connectivity index (χ3n) is 5.19. The van der Waals surface area contributed by atoms with Gasteiger partial charge in [-0.25, -0.2) is 9.59 Å². The third-order valence-corrected chi connectivity index (χ3v) is 6.59. The van der Waals surface area contributed by atoms with E-state index in [1.807, 2.05) is 0 Å². The normalized spacial score (nSPS) is 16.2. The number of thiophene rings is 1. The van der Waals surface area contributed by atoms with E-state index in [1.54, 1.807) is 24.3 Å². The fourth-order valence-corrected chi connectivity index (χ4v) is 5.06. The zero-order valence-electron chi connectivity index (χ0n) is 16.5. The van der Waals surface area contributed by atoms with Crippen LogP contribution in [0.3, 0.4) is 0 Å². The molecule has 7 heteroatoms. The Balaban J connectivity index is 1.85. The Labute approximate surface area is 174 Å². The molecule has 5 nitrogen and oxygen atoms in total. The Morgan fingerprint density at radius 2 is 2.00 bits per heavy atom. The number of anilines is 2. The number of benzene rings is 1. The highest BCUT2D eigenvalue weighted by atomic mass is 35.5. The predicted octanol–water partition coefficient (Wildman–Crippen LogP) is 5.98. The van der Waals surface area contributed by atoms with Crippen LogP contribution in [0.25, 0.3) is 0 Å². The minimum atomic E-state index is -0.418. The second-order valence-electron chi connectivity index (χ2n) is 8.09. The number of ether oxygens (including phenoxy) is 1. The lowest BCUT2D eigenvalue weighted by molar-refractivity contribution is 0.0600. The summed E-state index contributed by atoms with van der Waals surface area (Å²) in [6.45, 7) is 6.74. The molecule has 1 aliphatic rings. The molecule has 150 valence electrons. The summed E-state index contributed by atoms with van der Waals surface area (Å²) in [5.41, 5.74) is 2.27. The van der Waals surface area contributed by atoms with Crippen molar-refractivity contribution in [3.05, 3.63) is 45.3 Å². The number of fused-ring (bicyclic) bond motifs is 1. The minimum absolute atomic E-state index is 0.199. The summed E-state index contributed by atoms with van der Waals surface area (Å²) < 4.78 is 4.99. The molecule has 2 N–H and O–H groups in total. The van der Waals surface area contributed by atoms with Gasteiger partial charge in [-0.3, -0.25) is 5.32 Å². The van der Waals surface area contributed by atoms with Crippen LogP contribution in [0.15, 0.2) is 24.3 Å². The van der Waals surface area contributed by atoms with E-state index < -0.39 is 12.0 Å². The summed E-state index contributed by atoms with van der Waals surface area (Å²) in [7, 11) is 1.36. The number of nitrogens with one attached hydrogen (secondary N) is 2. The van der Waals surface area contributed by atoms with Crippen LogP contribution in [0.4, 0.5) is 15.5 Å². The molecule has 1 aliphatic carbocycles. The Hall–Kier alpha value is -2.05. The van der Waals surface area contributed by atoms with Gasteiger partial charge in [-0.2, -0.15) is 0 Å². The molecule has 2 aromatic rings. The first kappa shape index (κ1) is 20.7. The molecule has 1 unspecified atom stereocenters. The summed E-state index contributed by atoms with van der Waals surface area (Å²) >= 11 is 7.43. The van der Waals surface area contributed by atoms with Crippen molar-refractivity contribution in [2.24, 2.45) is 11.3 Å². The zero-order valence-corrected chi connectivity index (χ0v) is 18.1. The molecule has 1 aromatic heterocycles. The van der Waals surface area contributed by atoms with Crippen molar-refractivity contribution in [1.82, 2.24) is 0 Å². The molecular formula is C21H25ClN2O3S. The summed E-state index contributed by atoms with van der Waals surface area (Å²) in [6.07, 6.45) is 2.74. The van der Waals surface area contributed by atoms with Gasteiger partial charge in [0.05, 0.1) is 12.7 Å². The maximum Gasteiger partial charge on any atom is 0.341 e. The van der Waals surface area contributed by atoms with E-state index in [1.165, 1.54) is 18.4 Å². The smallest absolute Gasteiger partial charge is 0.341 e. The average molecular weight is 421 g/mol. The molecule has 0 saturated heterocycles. The van der Waals surface area contributed by atoms with Gasteiger partial charge in [0.1, 0.15) is 5.00 Å². The number of hydrogen-bond donors (Lipinski definition) is 2. The fraction of sp³-hybridized carbons (Fsp3) is 0.429. The van der Waals surface area contributed by atoms with E-state index in [4.69, 9.17) is 16.3 Å². The number of rotatable bonds is 3. The first-order chi connectivity index (χ1) is 13.2. The van der Waals surface area contributed by atoms with Crippen LogP contribution in [0.2, 0.25) is 5.02 Å². The van der Waals surface area contributed by atoms with Gasteiger partial charge in [-0.1, -0.05) is 38.4 Å². The van der Waals surface area contributed by atoms with Gasteiger partial charge in [0.15, 0.2) is 0 Å². The molecule has 0 radical (unpaired) electrons. The molecule has 0 aliphatic heterocycles. The number of carbonyl (C=O) groups is 2. The monoisotopic (exact) mass is 420 g/mol. The molecule has 1 atom stereocenters. The van der Waals surface area contributed by atoms with Crippen LogP contribution in [0.5, 0.6) is 0 Å². The van der Waals surface area contributed by atoms with E-state index in [9.17, 15) is 9.59 Å². The van der Waals surface area contributed by atoms with Crippen LogP contribution in [-0.4, -0.2) is 19.1 Å². The SMILES string of the molecule is COC(=O)c1c(NC(=O)Nc2cccc(Cl)c2)sc2c1CCC(C(C)(C)C)C2. The molecule has 28 heavy (non-hydrogen) atoms. The topological polar surface area (TPSA) is 67.4 Å². The van der Waals surface area contributed by atoms with Crippen molar-refractivity contribution in [3.8, 4) is 0 Å². The number of esters is 1. The molecule has 1 aromatic carbocycles. The maximum atomic E-state index is 12.5. The first-order valence-corrected chi connectivity index (χ1v) is 10.4. The van der Waals surface area contributed by atoms with Gasteiger partial charge in [-0.05, 0) is 54.4 Å². The van der Waals surface area contributed by atoms with E-state index in [0.29, 0.717) is 27.2 Å². The molecule has 0 spiro atoms. The standard InChI is InChI=1S/C21H25ClN2O3S/c1-21(2,3)12-8-9-15-16(10-12)28-18(17(15)19(25)27-4)24-20(26)23-14-7-5-6-13(22)11-14/h5-7,11-12H,8-10H2,1-4H3,(H2,23,24,26). The average Bonchev–Trinajstić information content (AvgIpc) is 2.97. The Kier molecular flexibility index (Phi) is 6.01. The number of urea groups is 1. The van der Waals surface area contributed by atoms with Gasteiger partial charge in [0.2, 0.25) is 0 Å². The van der Waals surface area contributed by atoms with Crippen molar-refractivity contribution in [2.45, 2.75) is 40.0 Å². The van der Waals surface area contributed by atoms with Crippen LogP contribution in [0.1, 0.15) is 48.0 Å². The lowest BCUT2D eigenvalue weighted by Gasteiger charge is -2.33. The molecule has 2 amide bonds. The van der Waals surface area contributed by atoms with Gasteiger partial charge < -0.3 is 10.1 Å². The van der Waals surface area contributed by atoms with E-state index >= 15 is 0 Å². The third kappa shape index (κ3) is 4.50. The van der Waals surface area contributed by atoms with Crippen molar-refractivity contribution < 1.29 is 14.3 Å². The van der Waals surface area contributed by atoms with Crippen LogP contribution < -0.4 is 10.6 Å². The lowest BCUT2D eigenvalue weighted by Crippen LogP contribution is -2.26. The molecule has 0 fully saturated rings. The molecule has 1 heterocycles. The van der Waals surface area contributed by atoms with Gasteiger partial charge in [0, 0.05) is 15.6 Å². The summed E-state index contributed by atoms with van der Waals surface area (Å²) in [6, 6.07) is 6.49. The highest BCUT2D eigenvalue weighted by Crippen LogP contribution is 2.44. The molecule has 3 rings (SSSR count). The molecule has 0 bridgehead atoms. The molecule has 0 saturated carbocycles. The lowest BCUT2D eigenvalue weighted by atomic mass is 9.72. The Morgan fingerprint density at radius 3 is 2.64 bits per heavy atom. The van der Waals surface area contributed by atoms with E-state index in [2.05, 4.69) is 31.4 Å². The van der Waals surface area contributed by atoms with Crippen molar-refractivity contribution >= 4 is 45.6 Å². The van der Waals surface area contributed by atoms with E-state index in [-0.39, 0.29) is 5.41 Å². The van der Waals surface area contributed by atoms with Crippen molar-refractivity contribution in [1.29, 1.82) is 0 Å². The minimum Gasteiger partial charge on any atom is -0.465 e. The summed E-state index contributed by atoms with van der Waals surface area (Å²) in [4.78, 5) is 26.1. The summed E-state index contributed by atoms with van der Waals surface area (Å²) in [5, 5.41) is 6.65. The first-order valence-electron chi connectivity index (χ1n) is 9.25. The van der Waals surface area contributed by atoms with Crippen molar-refractivity contribution in [3.63, 3.8) is 0 Å². The number of hydrogen-bond acceptors (Lipinski definition) is 4. The highest BCUT2D eigenvalue weighted by molar-refractivity contribution is 7.17. The Bertz CT molecular complexity index is 902. The number of methoxy groups -OCH3 is 1.